The van der Waals surface area contributed by atoms with Gasteiger partial charge in [0.15, 0.2) is 5.82 Å². The SMILES string of the molecule is CCC1=C[C@@H]2[C@H](C1)C[C@]2(CNC)Cc1nn[nH]n1. The molecule has 3 atom stereocenters. The van der Waals surface area contributed by atoms with E-state index in [1.54, 1.807) is 5.57 Å². The average Bonchev–Trinajstić information content (AvgIpc) is 2.96. The van der Waals surface area contributed by atoms with Crippen molar-refractivity contribution < 1.29 is 0 Å². The van der Waals surface area contributed by atoms with Crippen LogP contribution in [0.2, 0.25) is 0 Å². The summed E-state index contributed by atoms with van der Waals surface area (Å²) in [4.78, 5) is 0. The molecule has 1 fully saturated rings. The molecule has 18 heavy (non-hydrogen) atoms. The third-order valence-electron chi connectivity index (χ3n) is 4.71. The van der Waals surface area contributed by atoms with Crippen LogP contribution < -0.4 is 5.32 Å². The summed E-state index contributed by atoms with van der Waals surface area (Å²) in [6, 6.07) is 0. The molecule has 2 N–H and O–H groups in total. The van der Waals surface area contributed by atoms with Gasteiger partial charge in [0.25, 0.3) is 0 Å². The van der Waals surface area contributed by atoms with E-state index in [4.69, 9.17) is 0 Å². The molecule has 0 radical (unpaired) electrons. The van der Waals surface area contributed by atoms with Crippen LogP contribution in [0, 0.1) is 17.3 Å². The molecule has 0 bridgehead atoms. The Hall–Kier alpha value is -1.23. The highest BCUT2D eigenvalue weighted by Gasteiger charge is 2.54. The van der Waals surface area contributed by atoms with Gasteiger partial charge < -0.3 is 5.32 Å². The Kier molecular flexibility index (Phi) is 2.93. The van der Waals surface area contributed by atoms with Crippen molar-refractivity contribution in [3.05, 3.63) is 17.5 Å². The normalized spacial score (nSPS) is 34.0. The van der Waals surface area contributed by atoms with Crippen molar-refractivity contribution in [3.8, 4) is 0 Å². The fourth-order valence-corrected chi connectivity index (χ4v) is 3.92. The number of hydrogen-bond acceptors (Lipinski definition) is 4. The number of allylic oxidation sites excluding steroid dienone is 2. The smallest absolute Gasteiger partial charge is 0.175 e. The predicted molar refractivity (Wildman–Crippen MR) is 68.8 cm³/mol. The lowest BCUT2D eigenvalue weighted by molar-refractivity contribution is 0.000856. The Morgan fingerprint density at radius 1 is 1.56 bits per heavy atom. The van der Waals surface area contributed by atoms with Crippen LogP contribution in [0.25, 0.3) is 0 Å². The minimum atomic E-state index is 0.306. The van der Waals surface area contributed by atoms with Crippen molar-refractivity contribution in [1.29, 1.82) is 0 Å². The molecule has 0 spiro atoms. The number of hydrogen-bond donors (Lipinski definition) is 2. The summed E-state index contributed by atoms with van der Waals surface area (Å²) >= 11 is 0. The Balaban J connectivity index is 1.79. The first-order chi connectivity index (χ1) is 8.77. The van der Waals surface area contributed by atoms with Crippen molar-refractivity contribution in [3.63, 3.8) is 0 Å². The van der Waals surface area contributed by atoms with Gasteiger partial charge in [0.05, 0.1) is 0 Å². The molecule has 5 nitrogen and oxygen atoms in total. The second-order valence-corrected chi connectivity index (χ2v) is 5.77. The van der Waals surface area contributed by atoms with E-state index < -0.39 is 0 Å². The molecular formula is C13H21N5. The third kappa shape index (κ3) is 1.77. The van der Waals surface area contributed by atoms with Crippen molar-refractivity contribution in [1.82, 2.24) is 25.9 Å². The third-order valence-corrected chi connectivity index (χ3v) is 4.71. The number of aromatic amines is 1. The topological polar surface area (TPSA) is 66.5 Å². The van der Waals surface area contributed by atoms with E-state index in [1.165, 1.54) is 19.3 Å². The van der Waals surface area contributed by atoms with Gasteiger partial charge in [-0.2, -0.15) is 5.21 Å². The molecule has 0 aliphatic heterocycles. The van der Waals surface area contributed by atoms with Crippen LogP contribution in [-0.4, -0.2) is 34.2 Å². The maximum Gasteiger partial charge on any atom is 0.175 e. The number of tetrazole rings is 1. The summed E-state index contributed by atoms with van der Waals surface area (Å²) in [6.45, 7) is 3.30. The van der Waals surface area contributed by atoms with E-state index in [2.05, 4.69) is 38.9 Å². The van der Waals surface area contributed by atoms with Gasteiger partial charge in [-0.1, -0.05) is 23.8 Å². The first-order valence-corrected chi connectivity index (χ1v) is 6.84. The number of nitrogens with zero attached hydrogens (tertiary/aromatic N) is 3. The zero-order valence-corrected chi connectivity index (χ0v) is 11.1. The molecule has 2 aliphatic rings. The molecule has 1 saturated carbocycles. The molecule has 0 aromatic carbocycles. The van der Waals surface area contributed by atoms with Gasteiger partial charge in [-0.25, -0.2) is 0 Å². The number of rotatable bonds is 5. The summed E-state index contributed by atoms with van der Waals surface area (Å²) in [6.07, 6.45) is 7.24. The number of fused-ring (bicyclic) bond motifs is 1. The minimum Gasteiger partial charge on any atom is -0.319 e. The minimum absolute atomic E-state index is 0.306. The van der Waals surface area contributed by atoms with Crippen LogP contribution in [-0.2, 0) is 6.42 Å². The standard InChI is InChI=1S/C13H21N5/c1-3-9-4-10-6-13(8-14-2,11(10)5-9)7-12-15-17-18-16-12/h5,10-11,14H,3-4,6-8H2,1-2H3,(H,15,16,17,18)/t10-,11-,13-/m1/s1. The molecule has 0 unspecified atom stereocenters. The maximum absolute atomic E-state index is 4.12. The summed E-state index contributed by atoms with van der Waals surface area (Å²) in [7, 11) is 2.03. The fourth-order valence-electron chi connectivity index (χ4n) is 3.92. The highest BCUT2D eigenvalue weighted by Crippen LogP contribution is 2.59. The average molecular weight is 247 g/mol. The van der Waals surface area contributed by atoms with Gasteiger partial charge in [0.2, 0.25) is 0 Å². The van der Waals surface area contributed by atoms with Crippen LogP contribution in [0.4, 0.5) is 0 Å². The lowest BCUT2D eigenvalue weighted by Gasteiger charge is -2.52. The van der Waals surface area contributed by atoms with Crippen LogP contribution in [0.1, 0.15) is 32.0 Å². The van der Waals surface area contributed by atoms with Crippen LogP contribution in [0.15, 0.2) is 11.6 Å². The van der Waals surface area contributed by atoms with Crippen LogP contribution >= 0.6 is 0 Å². The largest absolute Gasteiger partial charge is 0.319 e. The molecule has 1 aromatic rings. The Labute approximate surface area is 107 Å². The van der Waals surface area contributed by atoms with Gasteiger partial charge in [0, 0.05) is 13.0 Å². The zero-order chi connectivity index (χ0) is 12.6. The van der Waals surface area contributed by atoms with Gasteiger partial charge in [-0.15, -0.1) is 10.2 Å². The molecule has 2 aliphatic carbocycles. The molecule has 98 valence electrons. The lowest BCUT2D eigenvalue weighted by atomic mass is 9.53. The van der Waals surface area contributed by atoms with Gasteiger partial charge in [-0.3, -0.25) is 0 Å². The fraction of sp³-hybridized carbons (Fsp3) is 0.769. The molecule has 3 rings (SSSR count). The van der Waals surface area contributed by atoms with Gasteiger partial charge >= 0.3 is 0 Å². The summed E-state index contributed by atoms with van der Waals surface area (Å²) in [5, 5.41) is 17.8. The number of nitrogens with one attached hydrogen (secondary N) is 2. The highest BCUT2D eigenvalue weighted by molar-refractivity contribution is 5.24. The Bertz CT molecular complexity index is 438. The monoisotopic (exact) mass is 247 g/mol. The summed E-state index contributed by atoms with van der Waals surface area (Å²) in [5.41, 5.74) is 1.94. The van der Waals surface area contributed by atoms with E-state index in [9.17, 15) is 0 Å². The van der Waals surface area contributed by atoms with Crippen molar-refractivity contribution >= 4 is 0 Å². The molecule has 1 heterocycles. The molecule has 1 aromatic heterocycles. The van der Waals surface area contributed by atoms with Gasteiger partial charge in [-0.05, 0) is 43.6 Å². The lowest BCUT2D eigenvalue weighted by Crippen LogP contribution is -2.52. The molecular weight excluding hydrogens is 226 g/mol. The first-order valence-electron chi connectivity index (χ1n) is 6.84. The Morgan fingerprint density at radius 3 is 3.11 bits per heavy atom. The summed E-state index contributed by atoms with van der Waals surface area (Å²) < 4.78 is 0. The van der Waals surface area contributed by atoms with E-state index in [0.717, 1.165) is 24.7 Å². The second kappa shape index (κ2) is 4.46. The predicted octanol–water partition coefficient (Wildman–Crippen LogP) is 1.32. The van der Waals surface area contributed by atoms with Crippen LogP contribution in [0.3, 0.4) is 0 Å². The maximum atomic E-state index is 4.12. The van der Waals surface area contributed by atoms with Crippen molar-refractivity contribution in [2.24, 2.45) is 17.3 Å². The van der Waals surface area contributed by atoms with Gasteiger partial charge in [0.1, 0.15) is 0 Å². The Morgan fingerprint density at radius 2 is 2.44 bits per heavy atom. The van der Waals surface area contributed by atoms with E-state index in [-0.39, 0.29) is 0 Å². The first kappa shape index (κ1) is 11.8. The quantitative estimate of drug-likeness (QED) is 0.770. The van der Waals surface area contributed by atoms with Crippen molar-refractivity contribution in [2.75, 3.05) is 13.6 Å². The molecule has 5 heteroatoms. The number of H-pyrrole nitrogens is 1. The van der Waals surface area contributed by atoms with Crippen molar-refractivity contribution in [2.45, 2.75) is 32.6 Å². The highest BCUT2D eigenvalue weighted by atomic mass is 15.5. The second-order valence-electron chi connectivity index (χ2n) is 5.77. The zero-order valence-electron chi connectivity index (χ0n) is 11.1. The van der Waals surface area contributed by atoms with E-state index in [0.29, 0.717) is 11.3 Å². The molecule has 0 amide bonds. The van der Waals surface area contributed by atoms with E-state index in [1.807, 2.05) is 7.05 Å². The number of aromatic nitrogens is 4. The van der Waals surface area contributed by atoms with Crippen LogP contribution in [0.5, 0.6) is 0 Å². The molecule has 0 saturated heterocycles. The van der Waals surface area contributed by atoms with E-state index >= 15 is 0 Å². The summed E-state index contributed by atoms with van der Waals surface area (Å²) in [5.74, 6) is 2.42.